The number of benzene rings is 2. The van der Waals surface area contributed by atoms with Crippen LogP contribution in [0.25, 0.3) is 16.9 Å². The number of hydrogen-bond donors (Lipinski definition) is 0. The van der Waals surface area contributed by atoms with Crippen molar-refractivity contribution in [2.75, 3.05) is 0 Å². The van der Waals surface area contributed by atoms with Crippen molar-refractivity contribution >= 4 is 11.4 Å². The van der Waals surface area contributed by atoms with Crippen LogP contribution in [0.4, 0.5) is 4.39 Å². The van der Waals surface area contributed by atoms with Gasteiger partial charge in [-0.05, 0) is 62.1 Å². The van der Waals surface area contributed by atoms with Crippen LogP contribution in [0.3, 0.4) is 0 Å². The summed E-state index contributed by atoms with van der Waals surface area (Å²) in [6.07, 6.45) is 3.28. The van der Waals surface area contributed by atoms with E-state index in [9.17, 15) is 9.18 Å². The van der Waals surface area contributed by atoms with Gasteiger partial charge in [0.2, 0.25) is 0 Å². The van der Waals surface area contributed by atoms with Gasteiger partial charge >= 0.3 is 0 Å². The maximum atomic E-state index is 13.7. The lowest BCUT2D eigenvalue weighted by molar-refractivity contribution is 0.0919. The predicted octanol–water partition coefficient (Wildman–Crippen LogP) is 5.85. The number of carbonyl (C=O) groups excluding carboxylic acids is 1. The van der Waals surface area contributed by atoms with Crippen LogP contribution in [-0.4, -0.2) is 20.4 Å². The molecule has 4 nitrogen and oxygen atoms in total. The number of nitrogens with zero attached hydrogens (tertiary/aromatic N) is 3. The Labute approximate surface area is 176 Å². The molecule has 2 heterocycles. The molecule has 0 bridgehead atoms. The molecule has 0 saturated heterocycles. The number of aryl methyl sites for hydroxylation is 3. The third-order valence-electron chi connectivity index (χ3n) is 5.50. The van der Waals surface area contributed by atoms with Gasteiger partial charge in [-0.3, -0.25) is 4.79 Å². The molecule has 0 aliphatic rings. The second-order valence-corrected chi connectivity index (χ2v) is 7.88. The van der Waals surface area contributed by atoms with Crippen molar-refractivity contribution in [1.29, 1.82) is 0 Å². The molecule has 0 fully saturated rings. The number of carbonyl (C=O) groups is 1. The number of halogens is 1. The number of fused-ring (bicyclic) bond motifs is 1. The van der Waals surface area contributed by atoms with Crippen molar-refractivity contribution in [3.63, 3.8) is 0 Å². The van der Waals surface area contributed by atoms with E-state index in [1.807, 2.05) is 13.0 Å². The van der Waals surface area contributed by atoms with Gasteiger partial charge in [0.05, 0.1) is 5.69 Å². The Bertz CT molecular complexity index is 1220. The van der Waals surface area contributed by atoms with Crippen molar-refractivity contribution in [3.8, 4) is 11.3 Å². The van der Waals surface area contributed by atoms with Gasteiger partial charge in [-0.15, -0.1) is 0 Å². The minimum absolute atomic E-state index is 0. The molecule has 1 unspecified atom stereocenters. The first-order chi connectivity index (χ1) is 14.4. The van der Waals surface area contributed by atoms with Crippen molar-refractivity contribution in [3.05, 3.63) is 89.0 Å². The molecule has 0 amide bonds. The Morgan fingerprint density at radius 1 is 1.10 bits per heavy atom. The second kappa shape index (κ2) is 8.19. The third kappa shape index (κ3) is 4.01. The number of aromatic nitrogens is 3. The van der Waals surface area contributed by atoms with Crippen LogP contribution in [0.5, 0.6) is 0 Å². The number of Topliss-reactive ketones (excluding diaryl/α,β-unsaturated/α-hetero) is 1. The Morgan fingerprint density at radius 3 is 2.60 bits per heavy atom. The highest BCUT2D eigenvalue weighted by atomic mass is 19.1. The molecule has 2 aromatic carbocycles. The van der Waals surface area contributed by atoms with Gasteiger partial charge in [0.15, 0.2) is 11.4 Å². The molecular formula is C25H26FN3O. The molecule has 2 aromatic heterocycles. The van der Waals surface area contributed by atoms with E-state index in [1.165, 1.54) is 17.2 Å². The zero-order valence-corrected chi connectivity index (χ0v) is 17.4. The van der Waals surface area contributed by atoms with E-state index in [2.05, 4.69) is 41.3 Å². The topological polar surface area (TPSA) is 47.3 Å². The van der Waals surface area contributed by atoms with Crippen LogP contribution < -0.4 is 0 Å². The van der Waals surface area contributed by atoms with Crippen LogP contribution in [0.1, 0.15) is 42.0 Å². The monoisotopic (exact) mass is 403 g/mol. The molecule has 30 heavy (non-hydrogen) atoms. The molecule has 1 atom stereocenters. The average Bonchev–Trinajstić information content (AvgIpc) is 3.19. The third-order valence-corrected chi connectivity index (χ3v) is 5.50. The van der Waals surface area contributed by atoms with Crippen LogP contribution in [0.2, 0.25) is 0 Å². The van der Waals surface area contributed by atoms with Gasteiger partial charge < -0.3 is 0 Å². The average molecular weight is 404 g/mol. The van der Waals surface area contributed by atoms with Crippen LogP contribution in [-0.2, 0) is 6.42 Å². The van der Waals surface area contributed by atoms with E-state index >= 15 is 0 Å². The van der Waals surface area contributed by atoms with Crippen LogP contribution >= 0.6 is 0 Å². The molecule has 0 radical (unpaired) electrons. The van der Waals surface area contributed by atoms with Gasteiger partial charge in [0, 0.05) is 25.2 Å². The van der Waals surface area contributed by atoms with E-state index in [0.29, 0.717) is 16.9 Å². The van der Waals surface area contributed by atoms with Crippen molar-refractivity contribution in [2.45, 2.75) is 33.6 Å². The van der Waals surface area contributed by atoms with E-state index in [1.54, 1.807) is 35.8 Å². The Balaban J connectivity index is 0.00000272. The highest BCUT2D eigenvalue weighted by Crippen LogP contribution is 2.23. The van der Waals surface area contributed by atoms with Crippen molar-refractivity contribution in [1.82, 2.24) is 14.6 Å². The molecule has 154 valence electrons. The standard InChI is InChI=1S/C25H24FN3O.H2/c1-16-4-7-19(8-5-16)9-6-17(2)25(30)22-15-24-27-13-12-23(29(24)28-22)20-10-11-21(26)18(3)14-20;/h4-5,7-8,10-15,17H,6,9H2,1-3H3;1H. The molecule has 0 saturated carbocycles. The normalized spacial score (nSPS) is 12.3. The minimum atomic E-state index is -0.247. The molecule has 4 aromatic rings. The zero-order chi connectivity index (χ0) is 21.3. The summed E-state index contributed by atoms with van der Waals surface area (Å²) in [5.41, 5.74) is 5.63. The first-order valence-corrected chi connectivity index (χ1v) is 10.1. The lowest BCUT2D eigenvalue weighted by Crippen LogP contribution is -2.13. The molecule has 4 rings (SSSR count). The van der Waals surface area contributed by atoms with Gasteiger partial charge in [0.1, 0.15) is 11.5 Å². The summed E-state index contributed by atoms with van der Waals surface area (Å²) < 4.78 is 15.3. The fourth-order valence-electron chi connectivity index (χ4n) is 3.56. The molecule has 0 aliphatic heterocycles. The van der Waals surface area contributed by atoms with E-state index in [-0.39, 0.29) is 18.9 Å². The van der Waals surface area contributed by atoms with Crippen LogP contribution in [0, 0.1) is 25.6 Å². The fraction of sp³-hybridized carbons (Fsp3) is 0.240. The number of ketones is 1. The highest BCUT2D eigenvalue weighted by molar-refractivity contribution is 5.96. The van der Waals surface area contributed by atoms with E-state index in [4.69, 9.17) is 0 Å². The maximum Gasteiger partial charge on any atom is 0.185 e. The van der Waals surface area contributed by atoms with E-state index < -0.39 is 0 Å². The second-order valence-electron chi connectivity index (χ2n) is 7.88. The van der Waals surface area contributed by atoms with Gasteiger partial charge in [0.25, 0.3) is 0 Å². The molecule has 5 heteroatoms. The number of hydrogen-bond acceptors (Lipinski definition) is 3. The van der Waals surface area contributed by atoms with Crippen molar-refractivity contribution in [2.24, 2.45) is 5.92 Å². The van der Waals surface area contributed by atoms with Gasteiger partial charge in [-0.2, -0.15) is 5.10 Å². The Kier molecular flexibility index (Phi) is 5.44. The predicted molar refractivity (Wildman–Crippen MR) is 118 cm³/mol. The molecule has 0 aliphatic carbocycles. The summed E-state index contributed by atoms with van der Waals surface area (Å²) in [7, 11) is 0. The summed E-state index contributed by atoms with van der Waals surface area (Å²) in [5, 5.41) is 4.54. The smallest absolute Gasteiger partial charge is 0.185 e. The molecule has 0 spiro atoms. The summed E-state index contributed by atoms with van der Waals surface area (Å²) in [4.78, 5) is 17.3. The van der Waals surface area contributed by atoms with Crippen molar-refractivity contribution < 1.29 is 10.6 Å². The lowest BCUT2D eigenvalue weighted by atomic mass is 9.95. The zero-order valence-electron chi connectivity index (χ0n) is 17.4. The van der Waals surface area contributed by atoms with Gasteiger partial charge in [-0.1, -0.05) is 36.8 Å². The first-order valence-electron chi connectivity index (χ1n) is 10.1. The Morgan fingerprint density at radius 2 is 1.87 bits per heavy atom. The molecule has 0 N–H and O–H groups in total. The largest absolute Gasteiger partial charge is 0.292 e. The summed E-state index contributed by atoms with van der Waals surface area (Å²) in [6.45, 7) is 5.73. The van der Waals surface area contributed by atoms with Gasteiger partial charge in [-0.25, -0.2) is 13.9 Å². The summed E-state index contributed by atoms with van der Waals surface area (Å²) in [6, 6.07) is 16.9. The van der Waals surface area contributed by atoms with Crippen LogP contribution in [0.15, 0.2) is 60.8 Å². The maximum absolute atomic E-state index is 13.7. The minimum Gasteiger partial charge on any atom is -0.292 e. The Hall–Kier alpha value is -3.34. The lowest BCUT2D eigenvalue weighted by Gasteiger charge is -2.09. The quantitative estimate of drug-likeness (QED) is 0.379. The highest BCUT2D eigenvalue weighted by Gasteiger charge is 2.20. The number of rotatable bonds is 6. The fourth-order valence-corrected chi connectivity index (χ4v) is 3.56. The summed E-state index contributed by atoms with van der Waals surface area (Å²) >= 11 is 0. The SMILES string of the molecule is Cc1ccc(CCC(C)C(=O)c2cc3nccc(-c4ccc(F)c(C)c4)n3n2)cc1.[HH]. The van der Waals surface area contributed by atoms with E-state index in [0.717, 1.165) is 24.1 Å². The summed E-state index contributed by atoms with van der Waals surface area (Å²) in [5.74, 6) is -0.385. The first kappa shape index (κ1) is 20.0. The molecular weight excluding hydrogens is 377 g/mol.